The monoisotopic (exact) mass is 307 g/mol. The fourth-order valence-electron chi connectivity index (χ4n) is 1.79. The molecule has 112 valence electrons. The zero-order chi connectivity index (χ0) is 15.1. The second kappa shape index (κ2) is 7.36. The molecule has 0 bridgehead atoms. The van der Waals surface area contributed by atoms with Gasteiger partial charge in [0.05, 0.1) is 6.16 Å². The van der Waals surface area contributed by atoms with Gasteiger partial charge in [0, 0.05) is 26.5 Å². The van der Waals surface area contributed by atoms with Crippen molar-refractivity contribution in [2.75, 3.05) is 14.2 Å². The van der Waals surface area contributed by atoms with E-state index in [0.29, 0.717) is 12.5 Å². The van der Waals surface area contributed by atoms with Gasteiger partial charge >= 0.3 is 7.60 Å². The van der Waals surface area contributed by atoms with Crippen LogP contribution >= 0.6 is 7.60 Å². The molecule has 5 nitrogen and oxygen atoms in total. The molecule has 0 fully saturated rings. The second-order valence-electron chi connectivity index (χ2n) is 4.41. The lowest BCUT2D eigenvalue weighted by atomic mass is 10.2. The summed E-state index contributed by atoms with van der Waals surface area (Å²) in [5.74, 6) is 0.482. The van der Waals surface area contributed by atoms with Gasteiger partial charge in [-0.25, -0.2) is 4.98 Å². The molecule has 0 saturated heterocycles. The zero-order valence-electron chi connectivity index (χ0n) is 12.1. The molecule has 2 rings (SSSR count). The summed E-state index contributed by atoms with van der Waals surface area (Å²) in [6.07, 6.45) is 1.80. The predicted octanol–water partition coefficient (Wildman–Crippen LogP) is 3.65. The van der Waals surface area contributed by atoms with E-state index in [1.807, 2.05) is 30.3 Å². The Morgan fingerprint density at radius 1 is 1.05 bits per heavy atom. The number of pyridine rings is 1. The molecule has 0 atom stereocenters. The Kier molecular flexibility index (Phi) is 5.51. The highest BCUT2D eigenvalue weighted by molar-refractivity contribution is 7.52. The van der Waals surface area contributed by atoms with Crippen molar-refractivity contribution in [2.24, 2.45) is 0 Å². The molecule has 0 saturated carbocycles. The van der Waals surface area contributed by atoms with Crippen molar-refractivity contribution in [2.45, 2.75) is 12.8 Å². The lowest BCUT2D eigenvalue weighted by Crippen LogP contribution is -1.99. The van der Waals surface area contributed by atoms with E-state index in [4.69, 9.17) is 13.8 Å². The van der Waals surface area contributed by atoms with E-state index < -0.39 is 7.60 Å². The third-order valence-corrected chi connectivity index (χ3v) is 4.83. The van der Waals surface area contributed by atoms with Crippen molar-refractivity contribution in [1.29, 1.82) is 0 Å². The van der Waals surface area contributed by atoms with Crippen LogP contribution in [0.2, 0.25) is 0 Å². The molecule has 1 aromatic carbocycles. The average Bonchev–Trinajstić information content (AvgIpc) is 2.54. The smallest absolute Gasteiger partial charge is 0.334 e. The molecule has 1 heterocycles. The highest BCUT2D eigenvalue weighted by atomic mass is 31.2. The van der Waals surface area contributed by atoms with Crippen molar-refractivity contribution in [3.05, 3.63) is 59.8 Å². The molecule has 0 spiro atoms. The van der Waals surface area contributed by atoms with Gasteiger partial charge in [-0.2, -0.15) is 0 Å². The van der Waals surface area contributed by atoms with Crippen LogP contribution in [-0.2, 0) is 26.4 Å². The van der Waals surface area contributed by atoms with Gasteiger partial charge in [-0.1, -0.05) is 30.3 Å². The van der Waals surface area contributed by atoms with Crippen LogP contribution in [0.25, 0.3) is 0 Å². The molecule has 21 heavy (non-hydrogen) atoms. The number of ether oxygens (including phenoxy) is 1. The first-order valence-electron chi connectivity index (χ1n) is 6.47. The van der Waals surface area contributed by atoms with Gasteiger partial charge in [-0.15, -0.1) is 0 Å². The molecule has 1 aromatic heterocycles. The Morgan fingerprint density at radius 3 is 2.43 bits per heavy atom. The first-order valence-corrected chi connectivity index (χ1v) is 8.20. The maximum absolute atomic E-state index is 12.1. The average molecular weight is 307 g/mol. The summed E-state index contributed by atoms with van der Waals surface area (Å²) in [6.45, 7) is 0.434. The molecular formula is C15H18NO4P. The largest absolute Gasteiger partial charge is 0.473 e. The van der Waals surface area contributed by atoms with Crippen molar-refractivity contribution >= 4 is 7.60 Å². The van der Waals surface area contributed by atoms with Gasteiger partial charge < -0.3 is 13.8 Å². The van der Waals surface area contributed by atoms with E-state index in [-0.39, 0.29) is 6.16 Å². The van der Waals surface area contributed by atoms with Crippen molar-refractivity contribution < 1.29 is 18.3 Å². The van der Waals surface area contributed by atoms with Gasteiger partial charge in [0.25, 0.3) is 0 Å². The standard InChI is InChI=1S/C15H18NO4P/c1-18-21(17,19-2)12-14-8-9-16-15(10-14)20-11-13-6-4-3-5-7-13/h3-10H,11-12H2,1-2H3. The molecule has 6 heteroatoms. The molecule has 0 radical (unpaired) electrons. The number of benzene rings is 1. The quantitative estimate of drug-likeness (QED) is 0.731. The lowest BCUT2D eigenvalue weighted by molar-refractivity contribution is 0.274. The van der Waals surface area contributed by atoms with Gasteiger partial charge in [0.15, 0.2) is 0 Å². The number of hydrogen-bond acceptors (Lipinski definition) is 5. The van der Waals surface area contributed by atoms with Crippen LogP contribution < -0.4 is 4.74 Å². The Morgan fingerprint density at radius 2 is 1.76 bits per heavy atom. The summed E-state index contributed by atoms with van der Waals surface area (Å²) < 4.78 is 27.6. The second-order valence-corrected chi connectivity index (χ2v) is 6.68. The summed E-state index contributed by atoms with van der Waals surface area (Å²) in [5, 5.41) is 0. The molecule has 0 aliphatic heterocycles. The van der Waals surface area contributed by atoms with Crippen molar-refractivity contribution in [3.8, 4) is 5.88 Å². The summed E-state index contributed by atoms with van der Waals surface area (Å²) in [4.78, 5) is 4.14. The number of hydrogen-bond donors (Lipinski definition) is 0. The SMILES string of the molecule is COP(=O)(Cc1ccnc(OCc2ccccc2)c1)OC. The topological polar surface area (TPSA) is 57.7 Å². The van der Waals surface area contributed by atoms with E-state index >= 15 is 0 Å². The van der Waals surface area contributed by atoms with Crippen LogP contribution in [-0.4, -0.2) is 19.2 Å². The fraction of sp³-hybridized carbons (Fsp3) is 0.267. The minimum atomic E-state index is -3.08. The van der Waals surface area contributed by atoms with E-state index in [1.165, 1.54) is 14.2 Å². The minimum absolute atomic E-state index is 0.185. The first kappa shape index (κ1) is 15.7. The van der Waals surface area contributed by atoms with Crippen molar-refractivity contribution in [3.63, 3.8) is 0 Å². The van der Waals surface area contributed by atoms with Crippen LogP contribution in [0.5, 0.6) is 5.88 Å². The van der Waals surface area contributed by atoms with Crippen molar-refractivity contribution in [1.82, 2.24) is 4.98 Å². The maximum atomic E-state index is 12.1. The number of aromatic nitrogens is 1. The lowest BCUT2D eigenvalue weighted by Gasteiger charge is -2.13. The zero-order valence-corrected chi connectivity index (χ0v) is 13.0. The van der Waals surface area contributed by atoms with E-state index in [9.17, 15) is 4.57 Å². The van der Waals surface area contributed by atoms with E-state index in [0.717, 1.165) is 11.1 Å². The molecule has 0 aliphatic carbocycles. The fourth-order valence-corrected chi connectivity index (χ4v) is 2.84. The van der Waals surface area contributed by atoms with Gasteiger partial charge in [-0.3, -0.25) is 4.57 Å². The Bertz CT molecular complexity index is 610. The highest BCUT2D eigenvalue weighted by Gasteiger charge is 2.21. The number of rotatable bonds is 7. The summed E-state index contributed by atoms with van der Waals surface area (Å²) in [5.41, 5.74) is 1.85. The molecule has 0 unspecified atom stereocenters. The Hall–Kier alpha value is -1.68. The molecule has 0 amide bonds. The summed E-state index contributed by atoms with van der Waals surface area (Å²) in [6, 6.07) is 13.3. The van der Waals surface area contributed by atoms with Crippen LogP contribution in [0, 0.1) is 0 Å². The summed E-state index contributed by atoms with van der Waals surface area (Å²) >= 11 is 0. The summed E-state index contributed by atoms with van der Waals surface area (Å²) in [7, 11) is -0.337. The normalized spacial score (nSPS) is 11.3. The Balaban J connectivity index is 2.02. The van der Waals surface area contributed by atoms with Gasteiger partial charge in [0.2, 0.25) is 5.88 Å². The minimum Gasteiger partial charge on any atom is -0.473 e. The van der Waals surface area contributed by atoms with Crippen LogP contribution in [0.15, 0.2) is 48.7 Å². The Labute approximate surface area is 124 Å². The highest BCUT2D eigenvalue weighted by Crippen LogP contribution is 2.49. The third kappa shape index (κ3) is 4.67. The van der Waals surface area contributed by atoms with Gasteiger partial charge in [0.1, 0.15) is 6.61 Å². The van der Waals surface area contributed by atoms with E-state index in [1.54, 1.807) is 18.3 Å². The molecular weight excluding hydrogens is 289 g/mol. The first-order chi connectivity index (χ1) is 10.1. The van der Waals surface area contributed by atoms with Crippen LogP contribution in [0.3, 0.4) is 0 Å². The number of nitrogens with zero attached hydrogens (tertiary/aromatic N) is 1. The molecule has 0 aliphatic rings. The predicted molar refractivity (Wildman–Crippen MR) is 80.3 cm³/mol. The molecule has 0 N–H and O–H groups in total. The van der Waals surface area contributed by atoms with Crippen LogP contribution in [0.4, 0.5) is 0 Å². The van der Waals surface area contributed by atoms with Gasteiger partial charge in [-0.05, 0) is 17.2 Å². The third-order valence-electron chi connectivity index (χ3n) is 2.96. The molecule has 2 aromatic rings. The van der Waals surface area contributed by atoms with E-state index in [2.05, 4.69) is 4.98 Å². The van der Waals surface area contributed by atoms with Crippen LogP contribution in [0.1, 0.15) is 11.1 Å². The maximum Gasteiger partial charge on any atom is 0.334 e.